The van der Waals surface area contributed by atoms with Crippen molar-refractivity contribution in [1.82, 2.24) is 19.1 Å². The van der Waals surface area contributed by atoms with E-state index in [-0.39, 0.29) is 23.7 Å². The maximum Gasteiger partial charge on any atom is 0.330 e. The number of rotatable bonds is 6. The molecule has 2 rings (SSSR count). The monoisotopic (exact) mass is 295 g/mol. The first-order valence-corrected chi connectivity index (χ1v) is 6.61. The fourth-order valence-corrected chi connectivity index (χ4v) is 2.08. The van der Waals surface area contributed by atoms with Crippen LogP contribution in [0.25, 0.3) is 11.2 Å². The minimum atomic E-state index is -1.04. The molecule has 0 atom stereocenters. The first kappa shape index (κ1) is 14.8. The number of nitrogens with one attached hydrogen (secondary N) is 2. The second-order valence-corrected chi connectivity index (χ2v) is 4.68. The number of nitrogens with zero attached hydrogens (tertiary/aromatic N) is 3. The number of carboxylic acid groups (broad SMARTS) is 1. The Bertz CT molecular complexity index is 785. The lowest BCUT2D eigenvalue weighted by Crippen LogP contribution is -2.31. The maximum absolute atomic E-state index is 11.9. The molecule has 0 saturated carbocycles. The second-order valence-electron chi connectivity index (χ2n) is 4.68. The third kappa shape index (κ3) is 2.81. The van der Waals surface area contributed by atoms with Crippen molar-refractivity contribution in [3.05, 3.63) is 20.8 Å². The van der Waals surface area contributed by atoms with Gasteiger partial charge in [-0.2, -0.15) is 4.98 Å². The third-order valence-electron chi connectivity index (χ3n) is 3.15. The molecule has 0 fully saturated rings. The number of hydrogen-bond donors (Lipinski definition) is 3. The van der Waals surface area contributed by atoms with E-state index in [0.717, 1.165) is 12.8 Å². The minimum Gasteiger partial charge on any atom is -0.480 e. The number of aryl methyl sites for hydroxylation is 2. The molecule has 0 aromatic carbocycles. The van der Waals surface area contributed by atoms with Gasteiger partial charge in [-0.1, -0.05) is 13.3 Å². The van der Waals surface area contributed by atoms with Crippen LogP contribution in [0, 0.1) is 0 Å². The molecular formula is C12H17N5O4. The van der Waals surface area contributed by atoms with Crippen LogP contribution < -0.4 is 16.6 Å². The second kappa shape index (κ2) is 5.81. The van der Waals surface area contributed by atoms with Crippen LogP contribution >= 0.6 is 0 Å². The maximum atomic E-state index is 11.9. The van der Waals surface area contributed by atoms with Gasteiger partial charge in [0.05, 0.1) is 0 Å². The number of carbonyl (C=O) groups is 1. The Morgan fingerprint density at radius 3 is 2.76 bits per heavy atom. The van der Waals surface area contributed by atoms with E-state index in [1.54, 1.807) is 7.05 Å². The lowest BCUT2D eigenvalue weighted by Gasteiger charge is -2.04. The number of carboxylic acids is 1. The summed E-state index contributed by atoms with van der Waals surface area (Å²) in [5, 5.41) is 11.3. The van der Waals surface area contributed by atoms with Crippen LogP contribution in [0.3, 0.4) is 0 Å². The number of aromatic nitrogens is 4. The summed E-state index contributed by atoms with van der Waals surface area (Å²) >= 11 is 0. The summed E-state index contributed by atoms with van der Waals surface area (Å²) in [4.78, 5) is 40.9. The van der Waals surface area contributed by atoms with Gasteiger partial charge in [-0.25, -0.2) is 4.79 Å². The van der Waals surface area contributed by atoms with Crippen molar-refractivity contribution in [2.45, 2.75) is 26.3 Å². The number of fused-ring (bicyclic) bond motifs is 1. The highest BCUT2D eigenvalue weighted by atomic mass is 16.4. The van der Waals surface area contributed by atoms with Gasteiger partial charge in [-0.05, 0) is 6.42 Å². The molecule has 0 amide bonds. The van der Waals surface area contributed by atoms with Crippen molar-refractivity contribution in [3.8, 4) is 0 Å². The fraction of sp³-hybridized carbons (Fsp3) is 0.500. The zero-order valence-corrected chi connectivity index (χ0v) is 11.8. The van der Waals surface area contributed by atoms with Gasteiger partial charge in [0.25, 0.3) is 5.56 Å². The Morgan fingerprint density at radius 1 is 1.43 bits per heavy atom. The Hall–Kier alpha value is -2.58. The molecule has 0 saturated heterocycles. The van der Waals surface area contributed by atoms with Crippen LogP contribution in [0.2, 0.25) is 0 Å². The van der Waals surface area contributed by atoms with Crippen molar-refractivity contribution < 1.29 is 9.90 Å². The van der Waals surface area contributed by atoms with Gasteiger partial charge in [0.15, 0.2) is 11.2 Å². The number of unbranched alkanes of at least 4 members (excludes halogenated alkanes) is 1. The SMILES string of the molecule is CCCCn1c(=O)[nH]c(=O)c2c1nc(NCC(=O)O)n2C. The molecule has 0 unspecified atom stereocenters. The number of imidazole rings is 1. The molecular weight excluding hydrogens is 278 g/mol. The van der Waals surface area contributed by atoms with E-state index >= 15 is 0 Å². The minimum absolute atomic E-state index is 0.230. The van der Waals surface area contributed by atoms with E-state index in [4.69, 9.17) is 5.11 Å². The molecule has 2 aromatic rings. The summed E-state index contributed by atoms with van der Waals surface area (Å²) in [7, 11) is 1.59. The topological polar surface area (TPSA) is 122 Å². The predicted octanol–water partition coefficient (Wildman–Crippen LogP) is -0.280. The lowest BCUT2D eigenvalue weighted by molar-refractivity contribution is -0.134. The van der Waals surface area contributed by atoms with Crippen LogP contribution in [0.5, 0.6) is 0 Å². The molecule has 0 radical (unpaired) electrons. The molecule has 3 N–H and O–H groups in total. The molecule has 9 nitrogen and oxygen atoms in total. The van der Waals surface area contributed by atoms with Gasteiger partial charge in [0, 0.05) is 13.6 Å². The molecule has 0 bridgehead atoms. The van der Waals surface area contributed by atoms with Crippen LogP contribution in [-0.4, -0.2) is 36.7 Å². The number of aliphatic carboxylic acids is 1. The van der Waals surface area contributed by atoms with Crippen molar-refractivity contribution >= 4 is 23.1 Å². The number of anilines is 1. The smallest absolute Gasteiger partial charge is 0.330 e. The zero-order valence-electron chi connectivity index (χ0n) is 11.8. The normalized spacial score (nSPS) is 11.0. The summed E-state index contributed by atoms with van der Waals surface area (Å²) in [5.74, 6) is -0.812. The van der Waals surface area contributed by atoms with E-state index < -0.39 is 17.2 Å². The molecule has 2 heterocycles. The van der Waals surface area contributed by atoms with Gasteiger partial charge in [0.2, 0.25) is 5.95 Å². The Kier molecular flexibility index (Phi) is 4.10. The summed E-state index contributed by atoms with van der Waals surface area (Å²) in [6.45, 7) is 2.11. The molecule has 0 aliphatic heterocycles. The number of hydrogen-bond acceptors (Lipinski definition) is 5. The van der Waals surface area contributed by atoms with Crippen molar-refractivity contribution in [3.63, 3.8) is 0 Å². The van der Waals surface area contributed by atoms with E-state index in [2.05, 4.69) is 15.3 Å². The molecule has 9 heteroatoms. The van der Waals surface area contributed by atoms with Crippen molar-refractivity contribution in [2.24, 2.45) is 7.05 Å². The van der Waals surface area contributed by atoms with Gasteiger partial charge in [0.1, 0.15) is 6.54 Å². The molecule has 21 heavy (non-hydrogen) atoms. The predicted molar refractivity (Wildman–Crippen MR) is 76.6 cm³/mol. The standard InChI is InChI=1S/C12H17N5O4/c1-3-4-5-17-9-8(10(20)15-12(17)21)16(2)11(14-9)13-6-7(18)19/h3-6H2,1-2H3,(H,13,14)(H,18,19)(H,15,20,21). The van der Waals surface area contributed by atoms with Crippen LogP contribution in [-0.2, 0) is 18.4 Å². The highest BCUT2D eigenvalue weighted by Crippen LogP contribution is 2.13. The van der Waals surface area contributed by atoms with Crippen molar-refractivity contribution in [1.29, 1.82) is 0 Å². The highest BCUT2D eigenvalue weighted by molar-refractivity contribution is 5.76. The molecule has 0 aliphatic carbocycles. The van der Waals surface area contributed by atoms with Crippen LogP contribution in [0.1, 0.15) is 19.8 Å². The number of aromatic amines is 1. The van der Waals surface area contributed by atoms with E-state index in [0.29, 0.717) is 6.54 Å². The van der Waals surface area contributed by atoms with E-state index in [9.17, 15) is 14.4 Å². The van der Waals surface area contributed by atoms with E-state index in [1.165, 1.54) is 9.13 Å². The van der Waals surface area contributed by atoms with Gasteiger partial charge in [-0.3, -0.25) is 19.1 Å². The zero-order chi connectivity index (χ0) is 15.6. The first-order chi connectivity index (χ1) is 9.95. The van der Waals surface area contributed by atoms with Crippen molar-refractivity contribution in [2.75, 3.05) is 11.9 Å². The Labute approximate surface area is 119 Å². The summed E-state index contributed by atoms with van der Waals surface area (Å²) in [5.41, 5.74) is -0.559. The highest BCUT2D eigenvalue weighted by Gasteiger charge is 2.16. The quantitative estimate of drug-likeness (QED) is 0.673. The first-order valence-electron chi connectivity index (χ1n) is 6.61. The fourth-order valence-electron chi connectivity index (χ4n) is 2.08. The van der Waals surface area contributed by atoms with Crippen LogP contribution in [0.4, 0.5) is 5.95 Å². The van der Waals surface area contributed by atoms with Crippen LogP contribution in [0.15, 0.2) is 9.59 Å². The van der Waals surface area contributed by atoms with Gasteiger partial charge >= 0.3 is 11.7 Å². The summed E-state index contributed by atoms with van der Waals surface area (Å²) in [6.07, 6.45) is 1.67. The average Bonchev–Trinajstić information content (AvgIpc) is 2.73. The Balaban J connectivity index is 2.59. The number of H-pyrrole nitrogens is 1. The van der Waals surface area contributed by atoms with Gasteiger partial charge < -0.3 is 15.0 Å². The largest absolute Gasteiger partial charge is 0.480 e. The van der Waals surface area contributed by atoms with Gasteiger partial charge in [-0.15, -0.1) is 0 Å². The average molecular weight is 295 g/mol. The summed E-state index contributed by atoms with van der Waals surface area (Å²) < 4.78 is 2.84. The third-order valence-corrected chi connectivity index (χ3v) is 3.15. The molecule has 2 aromatic heterocycles. The Morgan fingerprint density at radius 2 is 2.14 bits per heavy atom. The molecule has 0 spiro atoms. The van der Waals surface area contributed by atoms with E-state index in [1.807, 2.05) is 6.92 Å². The summed E-state index contributed by atoms with van der Waals surface area (Å²) in [6, 6.07) is 0. The lowest BCUT2D eigenvalue weighted by atomic mass is 10.3. The molecule has 0 aliphatic rings. The molecule has 114 valence electrons.